The summed E-state index contributed by atoms with van der Waals surface area (Å²) in [6.45, 7) is 6.89. The van der Waals surface area contributed by atoms with E-state index in [1.807, 2.05) is 25.1 Å². The van der Waals surface area contributed by atoms with Gasteiger partial charge in [0, 0.05) is 6.54 Å². The number of nitrogens with one attached hydrogen (secondary N) is 1. The molecule has 3 heteroatoms. The molecule has 1 aliphatic carbocycles. The van der Waals surface area contributed by atoms with Crippen LogP contribution in [0.15, 0.2) is 24.3 Å². The predicted molar refractivity (Wildman–Crippen MR) is 90.2 cm³/mol. The van der Waals surface area contributed by atoms with Crippen molar-refractivity contribution in [1.82, 2.24) is 5.32 Å². The number of amides is 1. The van der Waals surface area contributed by atoms with Gasteiger partial charge in [0.2, 0.25) is 0 Å². The van der Waals surface area contributed by atoms with Crippen molar-refractivity contribution >= 4 is 5.91 Å². The molecule has 1 saturated carbocycles. The molecule has 1 aromatic rings. The van der Waals surface area contributed by atoms with Gasteiger partial charge < -0.3 is 10.1 Å². The minimum atomic E-state index is -0.455. The van der Waals surface area contributed by atoms with E-state index in [-0.39, 0.29) is 5.91 Å². The molecular weight excluding hydrogens is 274 g/mol. The summed E-state index contributed by atoms with van der Waals surface area (Å²) in [6, 6.07) is 7.97. The van der Waals surface area contributed by atoms with Crippen molar-refractivity contribution in [2.45, 2.75) is 64.9 Å². The molecule has 0 saturated heterocycles. The average molecular weight is 303 g/mol. The fourth-order valence-electron chi connectivity index (χ4n) is 3.09. The first kappa shape index (κ1) is 16.9. The Balaban J connectivity index is 1.85. The van der Waals surface area contributed by atoms with E-state index in [2.05, 4.69) is 25.2 Å². The molecule has 1 atom stereocenters. The van der Waals surface area contributed by atoms with E-state index in [4.69, 9.17) is 4.74 Å². The fourth-order valence-corrected chi connectivity index (χ4v) is 3.09. The molecule has 0 radical (unpaired) electrons. The van der Waals surface area contributed by atoms with Crippen LogP contribution in [0.1, 0.15) is 64.4 Å². The molecule has 1 N–H and O–H groups in total. The van der Waals surface area contributed by atoms with Gasteiger partial charge in [0.1, 0.15) is 5.75 Å². The third-order valence-corrected chi connectivity index (χ3v) is 4.50. The smallest absolute Gasteiger partial charge is 0.260 e. The second-order valence-corrected chi connectivity index (χ2v) is 6.70. The molecule has 1 amide bonds. The van der Waals surface area contributed by atoms with Gasteiger partial charge in [-0.3, -0.25) is 4.79 Å². The van der Waals surface area contributed by atoms with Crippen molar-refractivity contribution in [3.63, 3.8) is 0 Å². The molecule has 0 heterocycles. The minimum absolute atomic E-state index is 0.0101. The maximum absolute atomic E-state index is 12.2. The summed E-state index contributed by atoms with van der Waals surface area (Å²) in [7, 11) is 0. The largest absolute Gasteiger partial charge is 0.481 e. The molecule has 1 aromatic carbocycles. The number of para-hydroxylation sites is 1. The monoisotopic (exact) mass is 303 g/mol. The topological polar surface area (TPSA) is 38.3 Å². The molecule has 1 aliphatic rings. The van der Waals surface area contributed by atoms with Crippen molar-refractivity contribution in [3.8, 4) is 5.75 Å². The summed E-state index contributed by atoms with van der Waals surface area (Å²) in [6.07, 6.45) is 5.97. The van der Waals surface area contributed by atoms with Crippen LogP contribution >= 0.6 is 0 Å². The van der Waals surface area contributed by atoms with Gasteiger partial charge in [0.25, 0.3) is 5.91 Å². The maximum atomic E-state index is 12.2. The highest BCUT2D eigenvalue weighted by Crippen LogP contribution is 2.27. The standard InChI is InChI=1S/C19H29NO2/c1-14(2)17-11-7-8-12-18(17)22-15(3)19(21)20-13-16-9-5-4-6-10-16/h7-8,11-12,14-16H,4-6,9-10,13H2,1-3H3,(H,20,21)/t15-/m0/s1. The van der Waals surface area contributed by atoms with Gasteiger partial charge in [-0.25, -0.2) is 0 Å². The van der Waals surface area contributed by atoms with Crippen molar-refractivity contribution in [1.29, 1.82) is 0 Å². The Kier molecular flexibility index (Phi) is 6.29. The summed E-state index contributed by atoms with van der Waals surface area (Å²) in [5.41, 5.74) is 1.15. The average Bonchev–Trinajstić information content (AvgIpc) is 2.53. The fraction of sp³-hybridized carbons (Fsp3) is 0.632. The first-order valence-corrected chi connectivity index (χ1v) is 8.61. The summed E-state index contributed by atoms with van der Waals surface area (Å²) in [4.78, 5) is 12.2. The zero-order valence-corrected chi connectivity index (χ0v) is 14.1. The van der Waals surface area contributed by atoms with Gasteiger partial charge in [-0.2, -0.15) is 0 Å². The SMILES string of the molecule is CC(C)c1ccccc1O[C@@H](C)C(=O)NCC1CCCCC1. The molecular formula is C19H29NO2. The molecule has 3 nitrogen and oxygen atoms in total. The normalized spacial score (nSPS) is 17.3. The second-order valence-electron chi connectivity index (χ2n) is 6.70. The number of carbonyl (C=O) groups excluding carboxylic acids is 1. The molecule has 0 unspecified atom stereocenters. The molecule has 122 valence electrons. The van der Waals surface area contributed by atoms with Crippen LogP contribution in [0.5, 0.6) is 5.75 Å². The van der Waals surface area contributed by atoms with Crippen LogP contribution in [-0.2, 0) is 4.79 Å². The van der Waals surface area contributed by atoms with Crippen LogP contribution < -0.4 is 10.1 Å². The van der Waals surface area contributed by atoms with Crippen molar-refractivity contribution < 1.29 is 9.53 Å². The lowest BCUT2D eigenvalue weighted by atomic mass is 9.89. The van der Waals surface area contributed by atoms with Gasteiger partial charge in [0.15, 0.2) is 6.10 Å². The van der Waals surface area contributed by atoms with Gasteiger partial charge >= 0.3 is 0 Å². The lowest BCUT2D eigenvalue weighted by Gasteiger charge is -2.23. The zero-order chi connectivity index (χ0) is 15.9. The van der Waals surface area contributed by atoms with E-state index >= 15 is 0 Å². The van der Waals surface area contributed by atoms with Gasteiger partial charge in [-0.05, 0) is 43.2 Å². The molecule has 2 rings (SSSR count). The zero-order valence-electron chi connectivity index (χ0n) is 14.1. The van der Waals surface area contributed by atoms with Crippen LogP contribution in [0.25, 0.3) is 0 Å². The van der Waals surface area contributed by atoms with Crippen LogP contribution in [0, 0.1) is 5.92 Å². The van der Waals surface area contributed by atoms with Crippen LogP contribution in [0.2, 0.25) is 0 Å². The van der Waals surface area contributed by atoms with Crippen LogP contribution in [0.3, 0.4) is 0 Å². The number of rotatable bonds is 6. The number of benzene rings is 1. The third kappa shape index (κ3) is 4.75. The predicted octanol–water partition coefficient (Wildman–Crippen LogP) is 4.27. The van der Waals surface area contributed by atoms with Crippen LogP contribution in [-0.4, -0.2) is 18.6 Å². The van der Waals surface area contributed by atoms with E-state index in [1.54, 1.807) is 0 Å². The third-order valence-electron chi connectivity index (χ3n) is 4.50. The Bertz CT molecular complexity index is 478. The summed E-state index contributed by atoms with van der Waals surface area (Å²) >= 11 is 0. The molecule has 0 spiro atoms. The Labute approximate surface area is 134 Å². The van der Waals surface area contributed by atoms with Crippen LogP contribution in [0.4, 0.5) is 0 Å². The second kappa shape index (κ2) is 8.21. The number of hydrogen-bond acceptors (Lipinski definition) is 2. The highest BCUT2D eigenvalue weighted by Gasteiger charge is 2.19. The first-order valence-electron chi connectivity index (χ1n) is 8.61. The van der Waals surface area contributed by atoms with Gasteiger partial charge in [-0.15, -0.1) is 0 Å². The number of ether oxygens (including phenoxy) is 1. The van der Waals surface area contributed by atoms with Crippen molar-refractivity contribution in [2.24, 2.45) is 5.92 Å². The lowest BCUT2D eigenvalue weighted by molar-refractivity contribution is -0.127. The summed E-state index contributed by atoms with van der Waals surface area (Å²) in [5.74, 6) is 1.84. The Morgan fingerprint density at radius 2 is 1.86 bits per heavy atom. The Morgan fingerprint density at radius 3 is 2.55 bits per heavy atom. The summed E-state index contributed by atoms with van der Waals surface area (Å²) < 4.78 is 5.90. The van der Waals surface area contributed by atoms with E-state index in [0.717, 1.165) is 17.9 Å². The lowest BCUT2D eigenvalue weighted by Crippen LogP contribution is -2.39. The molecule has 1 fully saturated rings. The van der Waals surface area contributed by atoms with Crippen molar-refractivity contribution in [2.75, 3.05) is 6.54 Å². The van der Waals surface area contributed by atoms with E-state index in [0.29, 0.717) is 11.8 Å². The minimum Gasteiger partial charge on any atom is -0.481 e. The first-order chi connectivity index (χ1) is 10.6. The van der Waals surface area contributed by atoms with Gasteiger partial charge in [-0.1, -0.05) is 51.3 Å². The Morgan fingerprint density at radius 1 is 1.18 bits per heavy atom. The van der Waals surface area contributed by atoms with Crippen molar-refractivity contribution in [3.05, 3.63) is 29.8 Å². The number of carbonyl (C=O) groups is 1. The van der Waals surface area contributed by atoms with E-state index in [1.165, 1.54) is 32.1 Å². The highest BCUT2D eigenvalue weighted by molar-refractivity contribution is 5.80. The Hall–Kier alpha value is -1.51. The molecule has 0 aromatic heterocycles. The molecule has 0 aliphatic heterocycles. The summed E-state index contributed by atoms with van der Waals surface area (Å²) in [5, 5.41) is 3.06. The molecule has 22 heavy (non-hydrogen) atoms. The molecule has 0 bridgehead atoms. The van der Waals surface area contributed by atoms with Gasteiger partial charge in [0.05, 0.1) is 0 Å². The van der Waals surface area contributed by atoms with E-state index in [9.17, 15) is 4.79 Å². The highest BCUT2D eigenvalue weighted by atomic mass is 16.5. The number of hydrogen-bond donors (Lipinski definition) is 1. The maximum Gasteiger partial charge on any atom is 0.260 e. The van der Waals surface area contributed by atoms with E-state index < -0.39 is 6.10 Å². The quantitative estimate of drug-likeness (QED) is 0.852.